The number of nitrogens with one attached hydrogen (secondary N) is 1. The monoisotopic (exact) mass is 413 g/mol. The Hall–Kier alpha value is -2.14. The van der Waals surface area contributed by atoms with Crippen LogP contribution in [0.25, 0.3) is 0 Å². The molecule has 1 amide bonds. The topological polar surface area (TPSA) is 47.6 Å². The SMILES string of the molecule is COc1cc2c(cc1OC)C(C(=O)Nc1c(C(C)C)cccc1C(C)C)SCC2. The van der Waals surface area contributed by atoms with E-state index in [0.29, 0.717) is 23.3 Å². The molecule has 2 aromatic carbocycles. The molecule has 1 atom stereocenters. The van der Waals surface area contributed by atoms with Crippen molar-refractivity contribution in [1.82, 2.24) is 0 Å². The second-order valence-corrected chi connectivity index (χ2v) is 9.23. The van der Waals surface area contributed by atoms with Crippen molar-refractivity contribution in [2.45, 2.75) is 51.2 Å². The third-order valence-electron chi connectivity index (χ3n) is 5.44. The number of anilines is 1. The van der Waals surface area contributed by atoms with Gasteiger partial charge in [0.1, 0.15) is 5.25 Å². The first-order valence-corrected chi connectivity index (χ1v) is 11.2. The molecule has 0 saturated carbocycles. The maximum Gasteiger partial charge on any atom is 0.242 e. The third-order valence-corrected chi connectivity index (χ3v) is 6.68. The zero-order chi connectivity index (χ0) is 21.1. The Balaban J connectivity index is 1.98. The highest BCUT2D eigenvalue weighted by atomic mass is 32.2. The first-order chi connectivity index (χ1) is 13.9. The van der Waals surface area contributed by atoms with Gasteiger partial charge in [0.15, 0.2) is 11.5 Å². The van der Waals surface area contributed by atoms with Gasteiger partial charge >= 0.3 is 0 Å². The predicted molar refractivity (Wildman–Crippen MR) is 122 cm³/mol. The second kappa shape index (κ2) is 9.12. The molecule has 1 unspecified atom stereocenters. The average Bonchev–Trinajstić information content (AvgIpc) is 2.71. The summed E-state index contributed by atoms with van der Waals surface area (Å²) in [7, 11) is 3.27. The Morgan fingerprint density at radius 2 is 1.62 bits per heavy atom. The molecule has 0 aliphatic carbocycles. The summed E-state index contributed by atoms with van der Waals surface area (Å²) in [4.78, 5) is 13.4. The Kier molecular flexibility index (Phi) is 6.78. The zero-order valence-corrected chi connectivity index (χ0v) is 19.0. The van der Waals surface area contributed by atoms with Gasteiger partial charge in [0, 0.05) is 5.69 Å². The van der Waals surface area contributed by atoms with E-state index in [1.807, 2.05) is 12.1 Å². The van der Waals surface area contributed by atoms with Gasteiger partial charge in [0.05, 0.1) is 14.2 Å². The van der Waals surface area contributed by atoms with Crippen molar-refractivity contribution in [3.63, 3.8) is 0 Å². The van der Waals surface area contributed by atoms with E-state index in [1.54, 1.807) is 26.0 Å². The highest BCUT2D eigenvalue weighted by Gasteiger charge is 2.30. The molecule has 1 aliphatic heterocycles. The van der Waals surface area contributed by atoms with Gasteiger partial charge in [-0.05, 0) is 58.4 Å². The molecule has 156 valence electrons. The summed E-state index contributed by atoms with van der Waals surface area (Å²) in [6, 6.07) is 10.3. The molecular weight excluding hydrogens is 382 g/mol. The summed E-state index contributed by atoms with van der Waals surface area (Å²) < 4.78 is 10.9. The molecule has 0 fully saturated rings. The van der Waals surface area contributed by atoms with Gasteiger partial charge in [-0.2, -0.15) is 0 Å². The highest BCUT2D eigenvalue weighted by molar-refractivity contribution is 8.00. The van der Waals surface area contributed by atoms with Gasteiger partial charge in [-0.25, -0.2) is 0 Å². The van der Waals surface area contributed by atoms with Crippen LogP contribution in [0, 0.1) is 0 Å². The Morgan fingerprint density at radius 1 is 1.03 bits per heavy atom. The predicted octanol–water partition coefficient (Wildman–Crippen LogP) is 5.92. The second-order valence-electron chi connectivity index (χ2n) is 8.02. The summed E-state index contributed by atoms with van der Waals surface area (Å²) in [6.45, 7) is 8.65. The number of aryl methyl sites for hydroxylation is 1. The van der Waals surface area contributed by atoms with Gasteiger partial charge in [-0.3, -0.25) is 4.79 Å². The largest absolute Gasteiger partial charge is 0.493 e. The smallest absolute Gasteiger partial charge is 0.242 e. The van der Waals surface area contributed by atoms with Crippen molar-refractivity contribution in [2.24, 2.45) is 0 Å². The first kappa shape index (κ1) is 21.6. The molecule has 5 heteroatoms. The van der Waals surface area contributed by atoms with Gasteiger partial charge < -0.3 is 14.8 Å². The Bertz CT molecular complexity index is 866. The number of carbonyl (C=O) groups is 1. The molecular formula is C24H31NO3S. The Morgan fingerprint density at radius 3 is 2.17 bits per heavy atom. The lowest BCUT2D eigenvalue weighted by Crippen LogP contribution is -2.24. The lowest BCUT2D eigenvalue weighted by Gasteiger charge is -2.27. The number of ether oxygens (including phenoxy) is 2. The van der Waals surface area contributed by atoms with E-state index >= 15 is 0 Å². The third kappa shape index (κ3) is 4.40. The lowest BCUT2D eigenvalue weighted by molar-refractivity contribution is -0.115. The van der Waals surface area contributed by atoms with Crippen molar-refractivity contribution in [1.29, 1.82) is 0 Å². The fourth-order valence-electron chi connectivity index (χ4n) is 3.87. The van der Waals surface area contributed by atoms with E-state index in [-0.39, 0.29) is 11.2 Å². The molecule has 0 spiro atoms. The van der Waals surface area contributed by atoms with Gasteiger partial charge in [0.25, 0.3) is 0 Å². The molecule has 0 saturated heterocycles. The highest BCUT2D eigenvalue weighted by Crippen LogP contribution is 2.43. The minimum absolute atomic E-state index is 0.0261. The number of thioether (sulfide) groups is 1. The fourth-order valence-corrected chi connectivity index (χ4v) is 5.06. The molecule has 1 aliphatic rings. The molecule has 29 heavy (non-hydrogen) atoms. The van der Waals surface area contributed by atoms with Crippen molar-refractivity contribution >= 4 is 23.4 Å². The van der Waals surface area contributed by atoms with E-state index < -0.39 is 0 Å². The van der Waals surface area contributed by atoms with Crippen LogP contribution >= 0.6 is 11.8 Å². The van der Waals surface area contributed by atoms with Crippen LogP contribution in [0.2, 0.25) is 0 Å². The van der Waals surface area contributed by atoms with E-state index in [0.717, 1.165) is 29.0 Å². The molecule has 0 aromatic heterocycles. The maximum atomic E-state index is 13.4. The molecule has 3 rings (SSSR count). The van der Waals surface area contributed by atoms with Gasteiger partial charge in [0.2, 0.25) is 5.91 Å². The number of fused-ring (bicyclic) bond motifs is 1. The van der Waals surface area contributed by atoms with Crippen molar-refractivity contribution in [3.05, 3.63) is 52.6 Å². The zero-order valence-electron chi connectivity index (χ0n) is 18.2. The van der Waals surface area contributed by atoms with Gasteiger partial charge in [-0.1, -0.05) is 45.9 Å². The molecule has 4 nitrogen and oxygen atoms in total. The van der Waals surface area contributed by atoms with Crippen LogP contribution in [0.1, 0.15) is 67.0 Å². The first-order valence-electron chi connectivity index (χ1n) is 10.2. The number of hydrogen-bond acceptors (Lipinski definition) is 4. The van der Waals surface area contributed by atoms with Crippen LogP contribution in [0.4, 0.5) is 5.69 Å². The van der Waals surface area contributed by atoms with Crippen LogP contribution in [0.3, 0.4) is 0 Å². The number of rotatable bonds is 6. The number of carbonyl (C=O) groups excluding carboxylic acids is 1. The van der Waals surface area contributed by atoms with Crippen LogP contribution < -0.4 is 14.8 Å². The van der Waals surface area contributed by atoms with Crippen LogP contribution in [-0.2, 0) is 11.2 Å². The van der Waals surface area contributed by atoms with Gasteiger partial charge in [-0.15, -0.1) is 11.8 Å². The standard InChI is InChI=1S/C24H31NO3S/c1-14(2)17-8-7-9-18(15(3)4)22(17)25-24(26)23-19-13-21(28-6)20(27-5)12-16(19)10-11-29-23/h7-9,12-15,23H,10-11H2,1-6H3,(H,25,26). The summed E-state index contributed by atoms with van der Waals surface area (Å²) in [6.07, 6.45) is 0.921. The summed E-state index contributed by atoms with van der Waals surface area (Å²) in [5, 5.41) is 3.02. The van der Waals surface area contributed by atoms with Crippen molar-refractivity contribution in [3.8, 4) is 11.5 Å². The molecule has 0 bridgehead atoms. The summed E-state index contributed by atoms with van der Waals surface area (Å²) >= 11 is 1.69. The maximum absolute atomic E-state index is 13.4. The van der Waals surface area contributed by atoms with E-state index in [2.05, 4.69) is 51.2 Å². The minimum atomic E-state index is -0.265. The van der Waals surface area contributed by atoms with E-state index in [4.69, 9.17) is 9.47 Å². The lowest BCUT2D eigenvalue weighted by atomic mass is 9.92. The average molecular weight is 414 g/mol. The van der Waals surface area contributed by atoms with Crippen molar-refractivity contribution < 1.29 is 14.3 Å². The number of hydrogen-bond donors (Lipinski definition) is 1. The molecule has 0 radical (unpaired) electrons. The summed E-state index contributed by atoms with van der Waals surface area (Å²) in [5.74, 6) is 2.97. The normalized spacial score (nSPS) is 15.9. The number of benzene rings is 2. The van der Waals surface area contributed by atoms with E-state index in [9.17, 15) is 4.79 Å². The van der Waals surface area contributed by atoms with Crippen LogP contribution in [0.15, 0.2) is 30.3 Å². The minimum Gasteiger partial charge on any atom is -0.493 e. The number of para-hydroxylation sites is 1. The summed E-state index contributed by atoms with van der Waals surface area (Å²) in [5.41, 5.74) is 5.50. The van der Waals surface area contributed by atoms with Crippen molar-refractivity contribution in [2.75, 3.05) is 25.3 Å². The quantitative estimate of drug-likeness (QED) is 0.638. The number of methoxy groups -OCH3 is 2. The van der Waals surface area contributed by atoms with E-state index in [1.165, 1.54) is 11.1 Å². The Labute approximate surface area is 178 Å². The molecule has 2 aromatic rings. The molecule has 1 heterocycles. The number of amides is 1. The molecule has 1 N–H and O–H groups in total. The van der Waals surface area contributed by atoms with Crippen LogP contribution in [-0.4, -0.2) is 25.9 Å². The van der Waals surface area contributed by atoms with Crippen LogP contribution in [0.5, 0.6) is 11.5 Å². The fraction of sp³-hybridized carbons (Fsp3) is 0.458.